The number of hydrogen-bond donors (Lipinski definition) is 1. The second kappa shape index (κ2) is 5.05. The van der Waals surface area contributed by atoms with E-state index in [2.05, 4.69) is 18.3 Å². The maximum Gasteiger partial charge on any atom is 0.160 e. The number of anilines is 2. The zero-order valence-corrected chi connectivity index (χ0v) is 10.9. The Labute approximate surface area is 108 Å². The predicted octanol–water partition coefficient (Wildman–Crippen LogP) is 4.25. The van der Waals surface area contributed by atoms with Gasteiger partial charge in [0.2, 0.25) is 0 Å². The Morgan fingerprint density at radius 2 is 1.72 bits per heavy atom. The number of aryl methyl sites for hydroxylation is 2. The van der Waals surface area contributed by atoms with Crippen molar-refractivity contribution < 1.29 is 4.79 Å². The third kappa shape index (κ3) is 2.59. The van der Waals surface area contributed by atoms with Gasteiger partial charge in [0, 0.05) is 16.9 Å². The van der Waals surface area contributed by atoms with E-state index in [0.29, 0.717) is 0 Å². The molecular formula is C16H17NO. The minimum absolute atomic E-state index is 0.106. The summed E-state index contributed by atoms with van der Waals surface area (Å²) in [5, 5.41) is 3.37. The maximum absolute atomic E-state index is 11.4. The van der Waals surface area contributed by atoms with Crippen LogP contribution in [0.1, 0.15) is 28.4 Å². The molecule has 0 amide bonds. The van der Waals surface area contributed by atoms with Crippen LogP contribution < -0.4 is 5.32 Å². The Kier molecular flexibility index (Phi) is 3.47. The highest BCUT2D eigenvalue weighted by Crippen LogP contribution is 2.22. The van der Waals surface area contributed by atoms with Crippen molar-refractivity contribution in [3.05, 3.63) is 59.2 Å². The number of rotatable bonds is 3. The van der Waals surface area contributed by atoms with Crippen molar-refractivity contribution >= 4 is 17.2 Å². The molecule has 0 aliphatic carbocycles. The van der Waals surface area contributed by atoms with Crippen molar-refractivity contribution in [2.45, 2.75) is 20.8 Å². The molecule has 0 unspecified atom stereocenters. The first kappa shape index (κ1) is 12.4. The van der Waals surface area contributed by atoms with Crippen LogP contribution in [0, 0.1) is 13.8 Å². The highest BCUT2D eigenvalue weighted by atomic mass is 16.1. The zero-order valence-electron chi connectivity index (χ0n) is 10.9. The van der Waals surface area contributed by atoms with Gasteiger partial charge in [-0.25, -0.2) is 0 Å². The maximum atomic E-state index is 11.4. The fraction of sp³-hybridized carbons (Fsp3) is 0.188. The third-order valence-corrected chi connectivity index (χ3v) is 3.03. The topological polar surface area (TPSA) is 29.1 Å². The molecule has 0 saturated heterocycles. The number of carbonyl (C=O) groups excluding carboxylic acids is 1. The number of para-hydroxylation sites is 1. The molecule has 0 bridgehead atoms. The summed E-state index contributed by atoms with van der Waals surface area (Å²) in [6.45, 7) is 5.62. The van der Waals surface area contributed by atoms with Crippen molar-refractivity contribution in [1.82, 2.24) is 0 Å². The molecule has 2 heteroatoms. The Bertz CT molecular complexity index is 587. The summed E-state index contributed by atoms with van der Waals surface area (Å²) in [5.41, 5.74) is 5.08. The number of hydrogen-bond acceptors (Lipinski definition) is 2. The molecule has 0 spiro atoms. The van der Waals surface area contributed by atoms with Crippen molar-refractivity contribution in [3.63, 3.8) is 0 Å². The normalized spacial score (nSPS) is 10.2. The van der Waals surface area contributed by atoms with Crippen LogP contribution in [0.15, 0.2) is 42.5 Å². The molecule has 0 aliphatic heterocycles. The molecule has 0 radical (unpaired) electrons. The first-order chi connectivity index (χ1) is 8.58. The van der Waals surface area contributed by atoms with Gasteiger partial charge in [-0.1, -0.05) is 18.2 Å². The largest absolute Gasteiger partial charge is 0.355 e. The molecular weight excluding hydrogens is 222 g/mol. The number of benzene rings is 2. The van der Waals surface area contributed by atoms with Crippen molar-refractivity contribution in [2.24, 2.45) is 0 Å². The van der Waals surface area contributed by atoms with Gasteiger partial charge in [0.1, 0.15) is 0 Å². The first-order valence-corrected chi connectivity index (χ1v) is 6.02. The summed E-state index contributed by atoms with van der Waals surface area (Å²) in [5.74, 6) is 0.106. The summed E-state index contributed by atoms with van der Waals surface area (Å²) >= 11 is 0. The fourth-order valence-corrected chi connectivity index (χ4v) is 2.01. The van der Waals surface area contributed by atoms with E-state index in [-0.39, 0.29) is 5.78 Å². The van der Waals surface area contributed by atoms with Crippen molar-refractivity contribution in [2.75, 3.05) is 5.32 Å². The van der Waals surface area contributed by atoms with Crippen LogP contribution in [0.25, 0.3) is 0 Å². The van der Waals surface area contributed by atoms with Crippen LogP contribution in [0.4, 0.5) is 11.4 Å². The summed E-state index contributed by atoms with van der Waals surface area (Å²) in [6.07, 6.45) is 0. The van der Waals surface area contributed by atoms with Crippen LogP contribution in [0.5, 0.6) is 0 Å². The summed E-state index contributed by atoms with van der Waals surface area (Å²) in [4.78, 5) is 11.4. The number of ketones is 1. The molecule has 18 heavy (non-hydrogen) atoms. The van der Waals surface area contributed by atoms with Crippen molar-refractivity contribution in [1.29, 1.82) is 0 Å². The highest BCUT2D eigenvalue weighted by Gasteiger charge is 2.05. The minimum atomic E-state index is 0.106. The molecule has 0 aromatic heterocycles. The van der Waals surface area contributed by atoms with Gasteiger partial charge in [-0.15, -0.1) is 0 Å². The first-order valence-electron chi connectivity index (χ1n) is 6.02. The number of nitrogens with one attached hydrogen (secondary N) is 1. The standard InChI is InChI=1S/C16H17NO/c1-11-6-4-5-7-16(11)17-14-8-9-15(13(3)18)12(2)10-14/h4-10,17H,1-3H3. The quantitative estimate of drug-likeness (QED) is 0.811. The van der Waals surface area contributed by atoms with Gasteiger partial charge in [0.15, 0.2) is 5.78 Å². The van der Waals surface area contributed by atoms with E-state index < -0.39 is 0 Å². The Morgan fingerprint density at radius 3 is 2.33 bits per heavy atom. The minimum Gasteiger partial charge on any atom is -0.355 e. The van der Waals surface area contributed by atoms with E-state index in [1.807, 2.05) is 43.3 Å². The van der Waals surface area contributed by atoms with Gasteiger partial charge in [0.25, 0.3) is 0 Å². The van der Waals surface area contributed by atoms with E-state index in [0.717, 1.165) is 22.5 Å². The lowest BCUT2D eigenvalue weighted by atomic mass is 10.0. The fourth-order valence-electron chi connectivity index (χ4n) is 2.01. The number of carbonyl (C=O) groups is 1. The zero-order chi connectivity index (χ0) is 13.1. The average Bonchev–Trinajstić information content (AvgIpc) is 2.32. The van der Waals surface area contributed by atoms with Gasteiger partial charge in [-0.3, -0.25) is 4.79 Å². The molecule has 2 rings (SSSR count). The predicted molar refractivity (Wildman–Crippen MR) is 75.6 cm³/mol. The lowest BCUT2D eigenvalue weighted by molar-refractivity contribution is 0.101. The Balaban J connectivity index is 2.29. The summed E-state index contributed by atoms with van der Waals surface area (Å²) < 4.78 is 0. The smallest absolute Gasteiger partial charge is 0.160 e. The van der Waals surface area contributed by atoms with Gasteiger partial charge in [0.05, 0.1) is 0 Å². The van der Waals surface area contributed by atoms with E-state index >= 15 is 0 Å². The molecule has 0 heterocycles. The molecule has 0 fully saturated rings. The molecule has 2 nitrogen and oxygen atoms in total. The second-order valence-corrected chi connectivity index (χ2v) is 4.53. The Morgan fingerprint density at radius 1 is 1.00 bits per heavy atom. The van der Waals surface area contributed by atoms with Gasteiger partial charge >= 0.3 is 0 Å². The molecule has 0 saturated carbocycles. The Hall–Kier alpha value is -2.09. The average molecular weight is 239 g/mol. The van der Waals surface area contributed by atoms with E-state index in [9.17, 15) is 4.79 Å². The van der Waals surface area contributed by atoms with Crippen LogP contribution in [-0.2, 0) is 0 Å². The summed E-state index contributed by atoms with van der Waals surface area (Å²) in [7, 11) is 0. The monoisotopic (exact) mass is 239 g/mol. The molecule has 0 aliphatic rings. The van der Waals surface area contributed by atoms with Gasteiger partial charge in [-0.2, -0.15) is 0 Å². The lowest BCUT2D eigenvalue weighted by Gasteiger charge is -2.11. The van der Waals surface area contributed by atoms with Crippen LogP contribution in [0.2, 0.25) is 0 Å². The van der Waals surface area contributed by atoms with Crippen LogP contribution in [0.3, 0.4) is 0 Å². The van der Waals surface area contributed by atoms with Crippen molar-refractivity contribution in [3.8, 4) is 0 Å². The molecule has 2 aromatic rings. The van der Waals surface area contributed by atoms with Crippen LogP contribution in [-0.4, -0.2) is 5.78 Å². The highest BCUT2D eigenvalue weighted by molar-refractivity contribution is 5.96. The van der Waals surface area contributed by atoms with Gasteiger partial charge < -0.3 is 5.32 Å². The summed E-state index contributed by atoms with van der Waals surface area (Å²) in [6, 6.07) is 14.0. The van der Waals surface area contributed by atoms with E-state index in [1.165, 1.54) is 5.56 Å². The van der Waals surface area contributed by atoms with Gasteiger partial charge in [-0.05, 0) is 56.2 Å². The van der Waals surface area contributed by atoms with E-state index in [1.54, 1.807) is 6.92 Å². The number of Topliss-reactive ketones (excluding diaryl/α,β-unsaturated/α-hetero) is 1. The molecule has 1 N–H and O–H groups in total. The van der Waals surface area contributed by atoms with E-state index in [4.69, 9.17) is 0 Å². The lowest BCUT2D eigenvalue weighted by Crippen LogP contribution is -1.98. The molecule has 0 atom stereocenters. The van der Waals surface area contributed by atoms with Crippen LogP contribution >= 0.6 is 0 Å². The molecule has 92 valence electrons. The molecule has 2 aromatic carbocycles. The third-order valence-electron chi connectivity index (χ3n) is 3.03. The SMILES string of the molecule is CC(=O)c1ccc(Nc2ccccc2C)cc1C. The second-order valence-electron chi connectivity index (χ2n) is 4.53.